The van der Waals surface area contributed by atoms with Crippen molar-refractivity contribution < 1.29 is 9.18 Å². The first kappa shape index (κ1) is 14.0. The number of H-pyrrole nitrogens is 1. The van der Waals surface area contributed by atoms with Gasteiger partial charge in [0.05, 0.1) is 16.1 Å². The van der Waals surface area contributed by atoms with Crippen LogP contribution in [0.1, 0.15) is 19.9 Å². The van der Waals surface area contributed by atoms with Gasteiger partial charge in [0.2, 0.25) is 5.91 Å². The molecule has 4 nitrogen and oxygen atoms in total. The molecule has 0 saturated carbocycles. The Labute approximate surface area is 119 Å². The number of hydrogen-bond acceptors (Lipinski definition) is 2. The molecule has 0 bridgehead atoms. The zero-order chi connectivity index (χ0) is 14.3. The highest BCUT2D eigenvalue weighted by Gasteiger charge is 2.24. The number of hydrogen-bond donors (Lipinski definition) is 2. The summed E-state index contributed by atoms with van der Waals surface area (Å²) in [7, 11) is 0. The van der Waals surface area contributed by atoms with Crippen LogP contribution >= 0.6 is 23.8 Å². The fourth-order valence-electron chi connectivity index (χ4n) is 2.15. The molecular formula is C12H13ClFN3OS. The van der Waals surface area contributed by atoms with Crippen LogP contribution in [0.3, 0.4) is 0 Å². The molecule has 2 aromatic rings. The first-order valence-electron chi connectivity index (χ1n) is 5.71. The lowest BCUT2D eigenvalue weighted by Crippen LogP contribution is -2.30. The highest BCUT2D eigenvalue weighted by Crippen LogP contribution is 2.27. The Hall–Kier alpha value is -1.40. The molecule has 0 radical (unpaired) electrons. The fourth-order valence-corrected chi connectivity index (χ4v) is 2.64. The van der Waals surface area contributed by atoms with Gasteiger partial charge < -0.3 is 15.3 Å². The van der Waals surface area contributed by atoms with E-state index < -0.39 is 17.8 Å². The van der Waals surface area contributed by atoms with Crippen LogP contribution in [0, 0.1) is 16.5 Å². The van der Waals surface area contributed by atoms with Crippen LogP contribution < -0.4 is 5.73 Å². The lowest BCUT2D eigenvalue weighted by molar-refractivity contribution is -0.122. The SMILES string of the molecule is CC(C)C(C(N)=O)n1c(=S)[nH]c2cc(Cl)c(F)cc21. The van der Waals surface area contributed by atoms with Gasteiger partial charge in [-0.3, -0.25) is 4.79 Å². The summed E-state index contributed by atoms with van der Waals surface area (Å²) in [5.41, 5.74) is 6.47. The second kappa shape index (κ2) is 4.94. The number of rotatable bonds is 3. The molecule has 0 spiro atoms. The maximum atomic E-state index is 13.6. The van der Waals surface area contributed by atoms with E-state index in [-0.39, 0.29) is 10.9 Å². The number of aromatic nitrogens is 2. The van der Waals surface area contributed by atoms with Crippen LogP contribution in [0.4, 0.5) is 4.39 Å². The average Bonchev–Trinajstić information content (AvgIpc) is 2.56. The molecule has 0 aliphatic heterocycles. The molecule has 0 saturated heterocycles. The summed E-state index contributed by atoms with van der Waals surface area (Å²) in [6.45, 7) is 3.70. The highest BCUT2D eigenvalue weighted by atomic mass is 35.5. The van der Waals surface area contributed by atoms with E-state index in [0.29, 0.717) is 15.8 Å². The van der Waals surface area contributed by atoms with Crippen LogP contribution in [0.2, 0.25) is 5.02 Å². The molecule has 1 atom stereocenters. The molecule has 19 heavy (non-hydrogen) atoms. The van der Waals surface area contributed by atoms with Crippen molar-refractivity contribution in [1.82, 2.24) is 9.55 Å². The molecule has 1 heterocycles. The lowest BCUT2D eigenvalue weighted by atomic mass is 10.0. The summed E-state index contributed by atoms with van der Waals surface area (Å²) in [6.07, 6.45) is 0. The van der Waals surface area contributed by atoms with Crippen molar-refractivity contribution in [1.29, 1.82) is 0 Å². The third-order valence-corrected chi connectivity index (χ3v) is 3.55. The molecule has 3 N–H and O–H groups in total. The largest absolute Gasteiger partial charge is 0.368 e. The van der Waals surface area contributed by atoms with Gasteiger partial charge in [-0.2, -0.15) is 0 Å². The maximum Gasteiger partial charge on any atom is 0.240 e. The maximum absolute atomic E-state index is 13.6. The Kier molecular flexibility index (Phi) is 3.64. The van der Waals surface area contributed by atoms with E-state index in [4.69, 9.17) is 29.6 Å². The summed E-state index contributed by atoms with van der Waals surface area (Å²) in [4.78, 5) is 14.5. The van der Waals surface area contributed by atoms with Gasteiger partial charge in [0.15, 0.2) is 4.77 Å². The molecule has 102 valence electrons. The van der Waals surface area contributed by atoms with Crippen LogP contribution in [-0.2, 0) is 4.79 Å². The Bertz CT molecular complexity index is 707. The molecule has 0 fully saturated rings. The van der Waals surface area contributed by atoms with Gasteiger partial charge in [-0.25, -0.2) is 4.39 Å². The smallest absolute Gasteiger partial charge is 0.240 e. The van der Waals surface area contributed by atoms with Crippen molar-refractivity contribution in [3.05, 3.63) is 27.7 Å². The number of carbonyl (C=O) groups excluding carboxylic acids is 1. The number of carbonyl (C=O) groups is 1. The van der Waals surface area contributed by atoms with Crippen LogP contribution in [-0.4, -0.2) is 15.5 Å². The molecule has 1 aromatic carbocycles. The van der Waals surface area contributed by atoms with E-state index >= 15 is 0 Å². The number of nitrogens with two attached hydrogens (primary N) is 1. The summed E-state index contributed by atoms with van der Waals surface area (Å²) in [5, 5.41) is -0.00364. The Morgan fingerprint density at radius 1 is 1.53 bits per heavy atom. The molecule has 1 aromatic heterocycles. The number of aromatic amines is 1. The predicted octanol–water partition coefficient (Wildman–Crippen LogP) is 3.17. The van der Waals surface area contributed by atoms with Crippen molar-refractivity contribution >= 4 is 40.8 Å². The van der Waals surface area contributed by atoms with Crippen molar-refractivity contribution in [2.45, 2.75) is 19.9 Å². The molecule has 1 amide bonds. The monoisotopic (exact) mass is 301 g/mol. The van der Waals surface area contributed by atoms with Crippen LogP contribution in [0.25, 0.3) is 11.0 Å². The lowest BCUT2D eigenvalue weighted by Gasteiger charge is -2.19. The Morgan fingerprint density at radius 2 is 2.16 bits per heavy atom. The summed E-state index contributed by atoms with van der Waals surface area (Å²) >= 11 is 10.9. The number of nitrogens with zero attached hydrogens (tertiary/aromatic N) is 1. The molecule has 7 heteroatoms. The summed E-state index contributed by atoms with van der Waals surface area (Å²) in [5.74, 6) is -1.15. The van der Waals surface area contributed by atoms with Crippen molar-refractivity contribution in [2.75, 3.05) is 0 Å². The van der Waals surface area contributed by atoms with Gasteiger partial charge in [-0.15, -0.1) is 0 Å². The van der Waals surface area contributed by atoms with Gasteiger partial charge in [0, 0.05) is 6.07 Å². The number of nitrogens with one attached hydrogen (secondary N) is 1. The highest BCUT2D eigenvalue weighted by molar-refractivity contribution is 7.71. The van der Waals surface area contributed by atoms with E-state index in [1.165, 1.54) is 16.7 Å². The second-order valence-electron chi connectivity index (χ2n) is 4.67. The minimum Gasteiger partial charge on any atom is -0.368 e. The van der Waals surface area contributed by atoms with E-state index in [9.17, 15) is 9.18 Å². The standard InChI is InChI=1S/C12H13ClFN3OS/c1-5(2)10(11(15)18)17-9-4-7(14)6(13)3-8(9)16-12(17)19/h3-5,10H,1-2H3,(H2,15,18)(H,16,19). The molecular weight excluding hydrogens is 289 g/mol. The number of imidazole rings is 1. The number of halogens is 2. The summed E-state index contributed by atoms with van der Waals surface area (Å²) < 4.78 is 15.4. The normalized spacial score (nSPS) is 13.1. The van der Waals surface area contributed by atoms with E-state index in [0.717, 1.165) is 0 Å². The number of amides is 1. The minimum atomic E-state index is -0.637. The summed E-state index contributed by atoms with van der Waals surface area (Å²) in [6, 6.07) is 2.06. The van der Waals surface area contributed by atoms with Crippen molar-refractivity contribution in [2.24, 2.45) is 11.7 Å². The van der Waals surface area contributed by atoms with Gasteiger partial charge in [-0.1, -0.05) is 25.4 Å². The fraction of sp³-hybridized carbons (Fsp3) is 0.333. The predicted molar refractivity (Wildman–Crippen MR) is 75.2 cm³/mol. The second-order valence-corrected chi connectivity index (χ2v) is 5.47. The van der Waals surface area contributed by atoms with Gasteiger partial charge >= 0.3 is 0 Å². The van der Waals surface area contributed by atoms with E-state index in [1.54, 1.807) is 0 Å². The zero-order valence-electron chi connectivity index (χ0n) is 10.4. The van der Waals surface area contributed by atoms with Crippen molar-refractivity contribution in [3.63, 3.8) is 0 Å². The zero-order valence-corrected chi connectivity index (χ0v) is 12.0. The molecule has 0 aliphatic rings. The minimum absolute atomic E-state index is 0.00364. The van der Waals surface area contributed by atoms with Crippen LogP contribution in [0.15, 0.2) is 12.1 Å². The van der Waals surface area contributed by atoms with E-state index in [1.807, 2.05) is 13.8 Å². The average molecular weight is 302 g/mol. The quantitative estimate of drug-likeness (QED) is 0.855. The third-order valence-electron chi connectivity index (χ3n) is 2.96. The molecule has 1 unspecified atom stereocenters. The topological polar surface area (TPSA) is 63.8 Å². The van der Waals surface area contributed by atoms with Crippen LogP contribution in [0.5, 0.6) is 0 Å². The number of benzene rings is 1. The Balaban J connectivity index is 2.79. The van der Waals surface area contributed by atoms with E-state index in [2.05, 4.69) is 4.98 Å². The van der Waals surface area contributed by atoms with Crippen molar-refractivity contribution in [3.8, 4) is 0 Å². The first-order valence-corrected chi connectivity index (χ1v) is 6.50. The molecule has 0 aliphatic carbocycles. The van der Waals surface area contributed by atoms with Gasteiger partial charge in [-0.05, 0) is 24.2 Å². The number of fused-ring (bicyclic) bond motifs is 1. The molecule has 2 rings (SSSR count). The first-order chi connectivity index (χ1) is 8.82. The third kappa shape index (κ3) is 2.37. The van der Waals surface area contributed by atoms with Gasteiger partial charge in [0.25, 0.3) is 0 Å². The Morgan fingerprint density at radius 3 is 2.68 bits per heavy atom. The van der Waals surface area contributed by atoms with Gasteiger partial charge in [0.1, 0.15) is 11.9 Å². The number of primary amides is 1.